The van der Waals surface area contributed by atoms with Gasteiger partial charge in [-0.2, -0.15) is 4.98 Å². The third kappa shape index (κ3) is 3.40. The van der Waals surface area contributed by atoms with Gasteiger partial charge in [0.05, 0.1) is 5.56 Å². The Hall–Kier alpha value is -3.09. The molecule has 1 aromatic carbocycles. The van der Waals surface area contributed by atoms with E-state index in [4.69, 9.17) is 0 Å². The van der Waals surface area contributed by atoms with E-state index in [1.807, 2.05) is 32.0 Å². The van der Waals surface area contributed by atoms with Crippen LogP contribution in [-0.4, -0.2) is 38.7 Å². The molecule has 0 radical (unpaired) electrons. The third-order valence-electron chi connectivity index (χ3n) is 5.38. The number of rotatable bonds is 4. The molecule has 1 fully saturated rings. The van der Waals surface area contributed by atoms with Crippen LogP contribution in [0.15, 0.2) is 30.3 Å². The minimum absolute atomic E-state index is 0.186. The second kappa shape index (κ2) is 7.50. The molecule has 7 heteroatoms. The molecule has 0 saturated carbocycles. The fraction of sp³-hybridized carbons (Fsp3) is 0.381. The Kier molecular flexibility index (Phi) is 4.90. The van der Waals surface area contributed by atoms with Gasteiger partial charge in [-0.3, -0.25) is 10.1 Å². The first kappa shape index (κ1) is 18.3. The number of carbonyl (C=O) groups excluding carboxylic acids is 1. The van der Waals surface area contributed by atoms with Crippen molar-refractivity contribution in [2.24, 2.45) is 0 Å². The number of aryl methyl sites for hydroxylation is 2. The van der Waals surface area contributed by atoms with Crippen molar-refractivity contribution in [3.05, 3.63) is 52.8 Å². The van der Waals surface area contributed by atoms with E-state index in [0.717, 1.165) is 48.6 Å². The number of amides is 1. The summed E-state index contributed by atoms with van der Waals surface area (Å²) in [6.07, 6.45) is 3.56. The number of nitrogens with one attached hydrogen (secondary N) is 2. The first-order chi connectivity index (χ1) is 13.5. The lowest BCUT2D eigenvalue weighted by atomic mass is 10.1. The lowest BCUT2D eigenvalue weighted by Gasteiger charge is -2.24. The summed E-state index contributed by atoms with van der Waals surface area (Å²) in [4.78, 5) is 19.5. The van der Waals surface area contributed by atoms with Crippen LogP contribution in [0.2, 0.25) is 0 Å². The van der Waals surface area contributed by atoms with Gasteiger partial charge < -0.3 is 9.47 Å². The van der Waals surface area contributed by atoms with Crippen LogP contribution in [0, 0.1) is 20.8 Å². The molecule has 0 aliphatic carbocycles. The minimum Gasteiger partial charge on any atom is -0.340 e. The second-order valence-corrected chi connectivity index (χ2v) is 7.39. The van der Waals surface area contributed by atoms with Crippen LogP contribution in [0.1, 0.15) is 46.6 Å². The number of aromatic amines is 1. The molecule has 0 atom stereocenters. The topological polar surface area (TPSA) is 78.8 Å². The maximum Gasteiger partial charge on any atom is 0.259 e. The zero-order valence-corrected chi connectivity index (χ0v) is 16.6. The van der Waals surface area contributed by atoms with Crippen molar-refractivity contribution in [3.63, 3.8) is 0 Å². The van der Waals surface area contributed by atoms with Crippen molar-refractivity contribution < 1.29 is 4.79 Å². The fourth-order valence-corrected chi connectivity index (χ4v) is 3.90. The quantitative estimate of drug-likeness (QED) is 0.724. The van der Waals surface area contributed by atoms with Crippen LogP contribution in [0.3, 0.4) is 0 Å². The molecule has 1 amide bonds. The highest BCUT2D eigenvalue weighted by Gasteiger charge is 2.20. The Morgan fingerprint density at radius 3 is 2.61 bits per heavy atom. The standard InChI is InChI=1S/C21H26N6O/c1-14-9-5-6-10-18(14)27-15(2)13-17(16(27)3)19(28)22-20-23-21(25-24-20)26-11-7-4-8-12-26/h5-6,9-10,13H,4,7-8,11-12H2,1-3H3,(H2,22,23,24,25,28). The smallest absolute Gasteiger partial charge is 0.259 e. The first-order valence-corrected chi connectivity index (χ1v) is 9.78. The van der Waals surface area contributed by atoms with E-state index in [0.29, 0.717) is 17.5 Å². The van der Waals surface area contributed by atoms with Crippen molar-refractivity contribution in [1.82, 2.24) is 19.7 Å². The summed E-state index contributed by atoms with van der Waals surface area (Å²) in [6, 6.07) is 10.1. The van der Waals surface area contributed by atoms with Crippen LogP contribution in [0.4, 0.5) is 11.9 Å². The van der Waals surface area contributed by atoms with Gasteiger partial charge in [0.15, 0.2) is 0 Å². The average molecular weight is 378 g/mol. The molecule has 7 nitrogen and oxygen atoms in total. The van der Waals surface area contributed by atoms with Crippen LogP contribution < -0.4 is 10.2 Å². The van der Waals surface area contributed by atoms with Gasteiger partial charge in [0.25, 0.3) is 5.91 Å². The van der Waals surface area contributed by atoms with Crippen LogP contribution in [-0.2, 0) is 0 Å². The number of carbonyl (C=O) groups is 1. The SMILES string of the molecule is Cc1ccccc1-n1c(C)cc(C(=O)Nc2nc(N3CCCCC3)n[nH]2)c1C. The van der Waals surface area contributed by atoms with Gasteiger partial charge in [-0.25, -0.2) is 5.10 Å². The van der Waals surface area contributed by atoms with Crippen molar-refractivity contribution in [2.45, 2.75) is 40.0 Å². The van der Waals surface area contributed by atoms with E-state index >= 15 is 0 Å². The van der Waals surface area contributed by atoms with Crippen LogP contribution in [0.5, 0.6) is 0 Å². The molecule has 3 heterocycles. The fourth-order valence-electron chi connectivity index (χ4n) is 3.90. The number of nitrogens with zero attached hydrogens (tertiary/aromatic N) is 4. The van der Waals surface area contributed by atoms with Crippen molar-refractivity contribution in [1.29, 1.82) is 0 Å². The number of aromatic nitrogens is 4. The zero-order chi connectivity index (χ0) is 19.7. The molecule has 1 aliphatic heterocycles. The summed E-state index contributed by atoms with van der Waals surface area (Å²) in [5.41, 5.74) is 4.81. The molecule has 0 spiro atoms. The van der Waals surface area contributed by atoms with Crippen LogP contribution in [0.25, 0.3) is 5.69 Å². The van der Waals surface area contributed by atoms with Gasteiger partial charge in [0.1, 0.15) is 0 Å². The van der Waals surface area contributed by atoms with Gasteiger partial charge in [-0.15, -0.1) is 5.10 Å². The minimum atomic E-state index is -0.186. The molecule has 0 unspecified atom stereocenters. The summed E-state index contributed by atoms with van der Waals surface area (Å²) >= 11 is 0. The highest BCUT2D eigenvalue weighted by molar-refractivity contribution is 6.04. The molecular weight excluding hydrogens is 352 g/mol. The molecule has 4 rings (SSSR count). The van der Waals surface area contributed by atoms with E-state index < -0.39 is 0 Å². The molecule has 146 valence electrons. The predicted octanol–water partition coefficient (Wildman–Crippen LogP) is 3.76. The monoisotopic (exact) mass is 378 g/mol. The van der Waals surface area contributed by atoms with Gasteiger partial charge in [0.2, 0.25) is 11.9 Å². The number of benzene rings is 1. The summed E-state index contributed by atoms with van der Waals surface area (Å²) in [7, 11) is 0. The number of para-hydroxylation sites is 1. The van der Waals surface area contributed by atoms with Crippen molar-refractivity contribution in [3.8, 4) is 5.69 Å². The summed E-state index contributed by atoms with van der Waals surface area (Å²) in [5.74, 6) is 0.848. The number of anilines is 2. The highest BCUT2D eigenvalue weighted by Crippen LogP contribution is 2.24. The summed E-state index contributed by atoms with van der Waals surface area (Å²) in [6.45, 7) is 7.98. The predicted molar refractivity (Wildman–Crippen MR) is 110 cm³/mol. The molecule has 3 aromatic rings. The first-order valence-electron chi connectivity index (χ1n) is 9.78. The van der Waals surface area contributed by atoms with E-state index in [-0.39, 0.29) is 5.91 Å². The van der Waals surface area contributed by atoms with E-state index in [1.54, 1.807) is 0 Å². The lowest BCUT2D eigenvalue weighted by Crippen LogP contribution is -2.30. The van der Waals surface area contributed by atoms with Gasteiger partial charge >= 0.3 is 0 Å². The number of hydrogen-bond acceptors (Lipinski definition) is 4. The molecule has 1 aliphatic rings. The molecule has 1 saturated heterocycles. The normalized spacial score (nSPS) is 14.3. The highest BCUT2D eigenvalue weighted by atomic mass is 16.1. The van der Waals surface area contributed by atoms with Gasteiger partial charge in [-0.1, -0.05) is 18.2 Å². The Morgan fingerprint density at radius 2 is 1.86 bits per heavy atom. The number of hydrogen-bond donors (Lipinski definition) is 2. The van der Waals surface area contributed by atoms with Crippen molar-refractivity contribution >= 4 is 17.8 Å². The molecular formula is C21H26N6O. The number of piperidine rings is 1. The molecule has 0 bridgehead atoms. The molecule has 2 N–H and O–H groups in total. The Bertz CT molecular complexity index is 996. The Morgan fingerprint density at radius 1 is 1.11 bits per heavy atom. The van der Waals surface area contributed by atoms with E-state index in [1.165, 1.54) is 6.42 Å². The second-order valence-electron chi connectivity index (χ2n) is 7.39. The van der Waals surface area contributed by atoms with Crippen LogP contribution >= 0.6 is 0 Å². The Balaban J connectivity index is 1.55. The largest absolute Gasteiger partial charge is 0.340 e. The average Bonchev–Trinajstić information content (AvgIpc) is 3.28. The van der Waals surface area contributed by atoms with Crippen molar-refractivity contribution in [2.75, 3.05) is 23.3 Å². The summed E-state index contributed by atoms with van der Waals surface area (Å²) < 4.78 is 2.11. The molecule has 28 heavy (non-hydrogen) atoms. The number of H-pyrrole nitrogens is 1. The third-order valence-corrected chi connectivity index (χ3v) is 5.38. The molecule has 2 aromatic heterocycles. The van der Waals surface area contributed by atoms with E-state index in [9.17, 15) is 4.79 Å². The lowest BCUT2D eigenvalue weighted by molar-refractivity contribution is 0.102. The van der Waals surface area contributed by atoms with Gasteiger partial charge in [0, 0.05) is 30.2 Å². The zero-order valence-electron chi connectivity index (χ0n) is 16.6. The van der Waals surface area contributed by atoms with Gasteiger partial charge in [-0.05, 0) is 57.7 Å². The maximum absolute atomic E-state index is 12.9. The Labute approximate surface area is 164 Å². The van der Waals surface area contributed by atoms with E-state index in [2.05, 4.69) is 49.0 Å². The summed E-state index contributed by atoms with van der Waals surface area (Å²) in [5, 5.41) is 9.96. The maximum atomic E-state index is 12.9.